The van der Waals surface area contributed by atoms with Gasteiger partial charge in [0.05, 0.1) is 6.42 Å². The number of fused-ring (bicyclic) bond motifs is 3. The van der Waals surface area contributed by atoms with E-state index < -0.39 is 12.1 Å². The highest BCUT2D eigenvalue weighted by molar-refractivity contribution is 5.79. The number of hydrogen-bond donors (Lipinski definition) is 3. The van der Waals surface area contributed by atoms with Crippen LogP contribution in [0, 0.1) is 5.41 Å². The molecule has 2 amide bonds. The Balaban J connectivity index is 1.29. The molecule has 0 spiro atoms. The Morgan fingerprint density at radius 1 is 1.06 bits per heavy atom. The molecule has 35 heavy (non-hydrogen) atoms. The lowest BCUT2D eigenvalue weighted by Gasteiger charge is -2.41. The van der Waals surface area contributed by atoms with Crippen LogP contribution < -0.4 is 10.6 Å². The average Bonchev–Trinajstić information content (AvgIpc) is 3.13. The summed E-state index contributed by atoms with van der Waals surface area (Å²) in [5.74, 6) is -1.07. The summed E-state index contributed by atoms with van der Waals surface area (Å²) in [5, 5.41) is 14.8. The topological polar surface area (TPSA) is 105 Å². The summed E-state index contributed by atoms with van der Waals surface area (Å²) in [7, 11) is 0. The minimum atomic E-state index is -0.918. The van der Waals surface area contributed by atoms with Gasteiger partial charge < -0.3 is 20.5 Å². The van der Waals surface area contributed by atoms with Gasteiger partial charge in [-0.3, -0.25) is 9.59 Å². The third-order valence-electron chi connectivity index (χ3n) is 7.32. The second kappa shape index (κ2) is 10.9. The van der Waals surface area contributed by atoms with Crippen molar-refractivity contribution in [2.75, 3.05) is 13.2 Å². The lowest BCUT2D eigenvalue weighted by molar-refractivity contribution is -0.137. The molecule has 0 saturated heterocycles. The van der Waals surface area contributed by atoms with E-state index in [9.17, 15) is 14.4 Å². The summed E-state index contributed by atoms with van der Waals surface area (Å²) < 4.78 is 5.63. The van der Waals surface area contributed by atoms with Crippen molar-refractivity contribution in [3.63, 3.8) is 0 Å². The van der Waals surface area contributed by atoms with E-state index in [1.165, 1.54) is 11.1 Å². The van der Waals surface area contributed by atoms with Crippen LogP contribution in [0.1, 0.15) is 68.9 Å². The smallest absolute Gasteiger partial charge is 0.407 e. The van der Waals surface area contributed by atoms with E-state index in [1.54, 1.807) is 0 Å². The Bertz CT molecular complexity index is 1030. The molecule has 2 aliphatic rings. The maximum absolute atomic E-state index is 12.6. The standard InChI is InChI=1S/C28H34N2O5/c1-2-8-19(15-26(32)33)30-25(31)16-28(13-7-14-28)18-29-27(34)35-17-24-22-11-5-3-9-20(22)21-10-4-6-12-23(21)24/h3-6,9-12,19,24H,2,7-8,13-18H2,1H3,(H,29,34)(H,30,31)(H,32,33)/t19-/m1/s1. The first-order valence-corrected chi connectivity index (χ1v) is 12.5. The number of carboxylic acids is 1. The zero-order valence-corrected chi connectivity index (χ0v) is 20.2. The van der Waals surface area contributed by atoms with Crippen LogP contribution in [0.25, 0.3) is 11.1 Å². The molecule has 0 bridgehead atoms. The summed E-state index contributed by atoms with van der Waals surface area (Å²) in [6.07, 6.45) is 3.85. The monoisotopic (exact) mass is 478 g/mol. The number of amides is 2. The molecule has 2 aromatic carbocycles. The van der Waals surface area contributed by atoms with Gasteiger partial charge in [-0.15, -0.1) is 0 Å². The van der Waals surface area contributed by atoms with E-state index in [4.69, 9.17) is 9.84 Å². The molecule has 7 heteroatoms. The molecule has 7 nitrogen and oxygen atoms in total. The molecule has 0 radical (unpaired) electrons. The molecule has 0 heterocycles. The van der Waals surface area contributed by atoms with Crippen LogP contribution in [-0.4, -0.2) is 42.3 Å². The van der Waals surface area contributed by atoms with Crippen molar-refractivity contribution < 1.29 is 24.2 Å². The first-order valence-electron chi connectivity index (χ1n) is 12.5. The van der Waals surface area contributed by atoms with Crippen LogP contribution in [0.2, 0.25) is 0 Å². The van der Waals surface area contributed by atoms with Crippen molar-refractivity contribution in [3.05, 3.63) is 59.7 Å². The van der Waals surface area contributed by atoms with Gasteiger partial charge in [-0.05, 0) is 46.9 Å². The number of carbonyl (C=O) groups excluding carboxylic acids is 2. The molecular formula is C28H34N2O5. The van der Waals surface area contributed by atoms with Crippen molar-refractivity contribution >= 4 is 18.0 Å². The maximum atomic E-state index is 12.6. The van der Waals surface area contributed by atoms with Crippen LogP contribution in [0.15, 0.2) is 48.5 Å². The molecule has 4 rings (SSSR count). The lowest BCUT2D eigenvalue weighted by atomic mass is 9.66. The van der Waals surface area contributed by atoms with E-state index in [1.807, 2.05) is 31.2 Å². The molecule has 2 aliphatic carbocycles. The molecule has 2 aromatic rings. The molecule has 1 fully saturated rings. The summed E-state index contributed by atoms with van der Waals surface area (Å²) >= 11 is 0. The highest BCUT2D eigenvalue weighted by atomic mass is 16.5. The summed E-state index contributed by atoms with van der Waals surface area (Å²) in [4.78, 5) is 36.3. The number of ether oxygens (including phenoxy) is 1. The second-order valence-corrected chi connectivity index (χ2v) is 9.86. The predicted molar refractivity (Wildman–Crippen MR) is 133 cm³/mol. The number of rotatable bonds is 11. The van der Waals surface area contributed by atoms with E-state index >= 15 is 0 Å². The summed E-state index contributed by atoms with van der Waals surface area (Å²) in [6.45, 7) is 2.59. The number of aliphatic carboxylic acids is 1. The number of hydrogen-bond acceptors (Lipinski definition) is 4. The fourth-order valence-electron chi connectivity index (χ4n) is 5.41. The van der Waals surface area contributed by atoms with Crippen molar-refractivity contribution in [3.8, 4) is 11.1 Å². The van der Waals surface area contributed by atoms with Crippen molar-refractivity contribution in [1.29, 1.82) is 0 Å². The summed E-state index contributed by atoms with van der Waals surface area (Å²) in [5.41, 5.74) is 4.39. The Labute approximate surface area is 206 Å². The van der Waals surface area contributed by atoms with Gasteiger partial charge in [0, 0.05) is 24.9 Å². The van der Waals surface area contributed by atoms with Crippen LogP contribution in [0.5, 0.6) is 0 Å². The van der Waals surface area contributed by atoms with Crippen molar-refractivity contribution in [2.24, 2.45) is 5.41 Å². The lowest BCUT2D eigenvalue weighted by Crippen LogP contribution is -2.47. The van der Waals surface area contributed by atoms with Gasteiger partial charge in [0.25, 0.3) is 0 Å². The van der Waals surface area contributed by atoms with Crippen LogP contribution in [-0.2, 0) is 14.3 Å². The molecule has 0 aromatic heterocycles. The quantitative estimate of drug-likeness (QED) is 0.428. The Morgan fingerprint density at radius 3 is 2.23 bits per heavy atom. The zero-order valence-electron chi connectivity index (χ0n) is 20.2. The fourth-order valence-corrected chi connectivity index (χ4v) is 5.41. The van der Waals surface area contributed by atoms with Gasteiger partial charge in [-0.1, -0.05) is 68.3 Å². The highest BCUT2D eigenvalue weighted by Crippen LogP contribution is 2.45. The van der Waals surface area contributed by atoms with Crippen LogP contribution >= 0.6 is 0 Å². The van der Waals surface area contributed by atoms with E-state index in [-0.39, 0.29) is 42.7 Å². The molecule has 1 atom stereocenters. The maximum Gasteiger partial charge on any atom is 0.407 e. The minimum Gasteiger partial charge on any atom is -0.481 e. The third-order valence-corrected chi connectivity index (χ3v) is 7.32. The number of nitrogens with one attached hydrogen (secondary N) is 2. The number of alkyl carbamates (subject to hydrolysis) is 1. The number of benzene rings is 2. The Hall–Kier alpha value is -3.35. The van der Waals surface area contributed by atoms with Gasteiger partial charge in [-0.25, -0.2) is 4.79 Å². The normalized spacial score (nSPS) is 16.4. The van der Waals surface area contributed by atoms with E-state index in [0.717, 1.165) is 36.8 Å². The predicted octanol–water partition coefficient (Wildman–Crippen LogP) is 4.85. The molecule has 3 N–H and O–H groups in total. The van der Waals surface area contributed by atoms with Gasteiger partial charge in [0.15, 0.2) is 0 Å². The Morgan fingerprint density at radius 2 is 1.69 bits per heavy atom. The van der Waals surface area contributed by atoms with Crippen LogP contribution in [0.3, 0.4) is 0 Å². The van der Waals surface area contributed by atoms with Crippen molar-refractivity contribution in [1.82, 2.24) is 10.6 Å². The first-order chi connectivity index (χ1) is 16.9. The first kappa shape index (κ1) is 24.8. The van der Waals surface area contributed by atoms with Gasteiger partial charge in [-0.2, -0.15) is 0 Å². The van der Waals surface area contributed by atoms with E-state index in [0.29, 0.717) is 13.0 Å². The summed E-state index contributed by atoms with van der Waals surface area (Å²) in [6, 6.07) is 16.0. The largest absolute Gasteiger partial charge is 0.481 e. The van der Waals surface area contributed by atoms with Gasteiger partial charge >= 0.3 is 12.1 Å². The average molecular weight is 479 g/mol. The van der Waals surface area contributed by atoms with Crippen molar-refractivity contribution in [2.45, 2.75) is 63.8 Å². The fraction of sp³-hybridized carbons (Fsp3) is 0.464. The number of carbonyl (C=O) groups is 3. The molecule has 186 valence electrons. The van der Waals surface area contributed by atoms with Crippen LogP contribution in [0.4, 0.5) is 4.79 Å². The molecule has 0 aliphatic heterocycles. The zero-order chi connectivity index (χ0) is 24.8. The molecular weight excluding hydrogens is 444 g/mol. The number of carboxylic acid groups (broad SMARTS) is 1. The second-order valence-electron chi connectivity index (χ2n) is 9.86. The van der Waals surface area contributed by atoms with E-state index in [2.05, 4.69) is 34.9 Å². The molecule has 0 unspecified atom stereocenters. The SMILES string of the molecule is CCC[C@H](CC(=O)O)NC(=O)CC1(CNC(=O)OCC2c3ccccc3-c3ccccc32)CCC1. The molecule has 1 saturated carbocycles. The van der Waals surface area contributed by atoms with Gasteiger partial charge in [0.2, 0.25) is 5.91 Å². The Kier molecular flexibility index (Phi) is 7.73. The van der Waals surface area contributed by atoms with Gasteiger partial charge in [0.1, 0.15) is 6.61 Å². The minimum absolute atomic E-state index is 0.00123. The third kappa shape index (κ3) is 5.84. The highest BCUT2D eigenvalue weighted by Gasteiger charge is 2.40.